The zero-order chi connectivity index (χ0) is 25.7. The van der Waals surface area contributed by atoms with Crippen LogP contribution in [0.15, 0.2) is 30.3 Å². The Hall–Kier alpha value is -3.52. The van der Waals surface area contributed by atoms with E-state index in [1.165, 1.54) is 6.42 Å². The van der Waals surface area contributed by atoms with Gasteiger partial charge in [-0.2, -0.15) is 0 Å². The van der Waals surface area contributed by atoms with Crippen LogP contribution in [0.1, 0.15) is 42.2 Å². The minimum Gasteiger partial charge on any atom is -0.493 e. The molecular weight excluding hydrogens is 460 g/mol. The van der Waals surface area contributed by atoms with Crippen molar-refractivity contribution in [1.29, 1.82) is 0 Å². The fourth-order valence-electron chi connectivity index (χ4n) is 4.80. The van der Waals surface area contributed by atoms with Gasteiger partial charge in [0.25, 0.3) is 0 Å². The topological polar surface area (TPSA) is 79.4 Å². The number of nitrogens with zero attached hydrogens (tertiary/aromatic N) is 2. The molecule has 1 aromatic heterocycles. The van der Waals surface area contributed by atoms with E-state index in [-0.39, 0.29) is 6.61 Å². The van der Waals surface area contributed by atoms with E-state index < -0.39 is 5.97 Å². The normalized spacial score (nSPS) is 13.9. The van der Waals surface area contributed by atoms with Crippen LogP contribution >= 0.6 is 0 Å². The molecule has 0 saturated carbocycles. The van der Waals surface area contributed by atoms with Gasteiger partial charge in [0.15, 0.2) is 23.0 Å². The Kier molecular flexibility index (Phi) is 8.15. The summed E-state index contributed by atoms with van der Waals surface area (Å²) in [4.78, 5) is 20.8. The predicted octanol–water partition coefficient (Wildman–Crippen LogP) is 5.10. The monoisotopic (exact) mass is 494 g/mol. The van der Waals surface area contributed by atoms with Crippen molar-refractivity contribution in [2.45, 2.75) is 32.7 Å². The van der Waals surface area contributed by atoms with E-state index in [0.29, 0.717) is 51.9 Å². The van der Waals surface area contributed by atoms with E-state index in [9.17, 15) is 4.79 Å². The number of hydrogen-bond acceptors (Lipinski definition) is 8. The molecule has 192 valence electrons. The number of methoxy groups -OCH3 is 4. The van der Waals surface area contributed by atoms with Crippen molar-refractivity contribution in [2.24, 2.45) is 0 Å². The van der Waals surface area contributed by atoms with Crippen LogP contribution in [0.2, 0.25) is 0 Å². The van der Waals surface area contributed by atoms with Crippen molar-refractivity contribution < 1.29 is 28.5 Å². The third-order valence-corrected chi connectivity index (χ3v) is 6.54. The first-order valence-electron chi connectivity index (χ1n) is 12.2. The molecule has 0 aliphatic carbocycles. The van der Waals surface area contributed by atoms with Gasteiger partial charge >= 0.3 is 5.97 Å². The van der Waals surface area contributed by atoms with Crippen molar-refractivity contribution in [3.8, 4) is 34.1 Å². The molecule has 36 heavy (non-hydrogen) atoms. The highest BCUT2D eigenvalue weighted by molar-refractivity contribution is 6.08. The van der Waals surface area contributed by atoms with Gasteiger partial charge in [-0.3, -0.25) is 9.88 Å². The number of esters is 1. The van der Waals surface area contributed by atoms with Gasteiger partial charge in [-0.15, -0.1) is 0 Å². The number of hydrogen-bond donors (Lipinski definition) is 0. The average molecular weight is 495 g/mol. The van der Waals surface area contributed by atoms with Crippen LogP contribution in [0.4, 0.5) is 0 Å². The number of benzene rings is 2. The van der Waals surface area contributed by atoms with Crippen molar-refractivity contribution >= 4 is 16.9 Å². The zero-order valence-electron chi connectivity index (χ0n) is 21.7. The van der Waals surface area contributed by atoms with Crippen molar-refractivity contribution in [2.75, 3.05) is 48.1 Å². The first-order chi connectivity index (χ1) is 17.5. The van der Waals surface area contributed by atoms with E-state index in [0.717, 1.165) is 36.9 Å². The molecule has 2 heterocycles. The van der Waals surface area contributed by atoms with Crippen LogP contribution in [0.25, 0.3) is 22.0 Å². The maximum absolute atomic E-state index is 13.5. The Morgan fingerprint density at radius 3 is 2.14 bits per heavy atom. The summed E-state index contributed by atoms with van der Waals surface area (Å²) in [6, 6.07) is 9.34. The molecule has 0 N–H and O–H groups in total. The molecule has 0 radical (unpaired) electrons. The van der Waals surface area contributed by atoms with Crippen molar-refractivity contribution in [3.05, 3.63) is 41.6 Å². The molecular formula is C28H34N2O6. The molecule has 8 nitrogen and oxygen atoms in total. The molecule has 4 rings (SSSR count). The highest BCUT2D eigenvalue weighted by Crippen LogP contribution is 2.42. The number of carbonyl (C=O) groups is 1. The lowest BCUT2D eigenvalue weighted by atomic mass is 9.93. The number of fused-ring (bicyclic) bond motifs is 1. The molecule has 1 aliphatic rings. The van der Waals surface area contributed by atoms with Crippen LogP contribution in [0.5, 0.6) is 23.0 Å². The molecule has 0 unspecified atom stereocenters. The second kappa shape index (κ2) is 11.5. The lowest BCUT2D eigenvalue weighted by Gasteiger charge is -2.27. The maximum atomic E-state index is 13.5. The Labute approximate surface area is 212 Å². The summed E-state index contributed by atoms with van der Waals surface area (Å²) in [6.45, 7) is 4.57. The predicted molar refractivity (Wildman–Crippen MR) is 138 cm³/mol. The lowest BCUT2D eigenvalue weighted by Crippen LogP contribution is -2.30. The molecule has 3 aromatic rings. The van der Waals surface area contributed by atoms with Gasteiger partial charge in [0.05, 0.1) is 51.8 Å². The first-order valence-corrected chi connectivity index (χ1v) is 12.2. The Bertz CT molecular complexity index is 1240. The number of likely N-dealkylation sites (tertiary alicyclic amines) is 1. The summed E-state index contributed by atoms with van der Waals surface area (Å²) < 4.78 is 27.7. The summed E-state index contributed by atoms with van der Waals surface area (Å²) in [5.41, 5.74) is 3.34. The molecule has 0 bridgehead atoms. The molecule has 1 saturated heterocycles. The van der Waals surface area contributed by atoms with E-state index >= 15 is 0 Å². The summed E-state index contributed by atoms with van der Waals surface area (Å²) in [6.07, 6.45) is 3.49. The van der Waals surface area contributed by atoms with Crippen molar-refractivity contribution in [3.63, 3.8) is 0 Å². The summed E-state index contributed by atoms with van der Waals surface area (Å²) >= 11 is 0. The number of piperidine rings is 1. The van der Waals surface area contributed by atoms with Gasteiger partial charge < -0.3 is 23.7 Å². The highest BCUT2D eigenvalue weighted by Gasteiger charge is 2.27. The number of aromatic nitrogens is 1. The standard InChI is InChI=1S/C28H34N2O6/c1-6-36-28(31)27-21(17-30-12-8-7-9-13-30)29-20-16-25(35-5)24(34-4)15-19(20)26(27)18-10-11-22(32-2)23(14-18)33-3/h10-11,14-16H,6-9,12-13,17H2,1-5H3. The SMILES string of the molecule is CCOC(=O)c1c(CN2CCCCC2)nc2cc(OC)c(OC)cc2c1-c1ccc(OC)c(OC)c1. The average Bonchev–Trinajstić information content (AvgIpc) is 2.91. The fourth-order valence-corrected chi connectivity index (χ4v) is 4.80. The summed E-state index contributed by atoms with van der Waals surface area (Å²) in [5, 5.41) is 0.755. The molecule has 1 aliphatic heterocycles. The van der Waals surface area contributed by atoms with Gasteiger partial charge in [0.2, 0.25) is 0 Å². The molecule has 1 fully saturated rings. The van der Waals surface area contributed by atoms with Crippen LogP contribution in [0, 0.1) is 0 Å². The van der Waals surface area contributed by atoms with Gasteiger partial charge in [-0.25, -0.2) is 4.79 Å². The number of ether oxygens (including phenoxy) is 5. The van der Waals surface area contributed by atoms with E-state index in [2.05, 4.69) is 4.90 Å². The second-order valence-corrected chi connectivity index (χ2v) is 8.66. The third-order valence-electron chi connectivity index (χ3n) is 6.54. The molecule has 0 amide bonds. The smallest absolute Gasteiger partial charge is 0.340 e. The third kappa shape index (κ3) is 5.04. The minimum absolute atomic E-state index is 0.261. The maximum Gasteiger partial charge on any atom is 0.340 e. The van der Waals surface area contributed by atoms with Gasteiger partial charge in [0, 0.05) is 23.6 Å². The largest absolute Gasteiger partial charge is 0.493 e. The number of carbonyl (C=O) groups excluding carboxylic acids is 1. The minimum atomic E-state index is -0.404. The Balaban J connectivity index is 2.05. The van der Waals surface area contributed by atoms with E-state index in [1.54, 1.807) is 35.4 Å². The molecule has 0 atom stereocenters. The van der Waals surface area contributed by atoms with Gasteiger partial charge in [0.1, 0.15) is 0 Å². The molecule has 0 spiro atoms. The number of rotatable bonds is 9. The lowest BCUT2D eigenvalue weighted by molar-refractivity contribution is 0.0524. The summed E-state index contributed by atoms with van der Waals surface area (Å²) in [5.74, 6) is 1.88. The van der Waals surface area contributed by atoms with Crippen LogP contribution in [-0.2, 0) is 11.3 Å². The highest BCUT2D eigenvalue weighted by atomic mass is 16.5. The Morgan fingerprint density at radius 1 is 0.861 bits per heavy atom. The van der Waals surface area contributed by atoms with Crippen LogP contribution in [0.3, 0.4) is 0 Å². The van der Waals surface area contributed by atoms with Crippen LogP contribution < -0.4 is 18.9 Å². The van der Waals surface area contributed by atoms with E-state index in [4.69, 9.17) is 28.7 Å². The second-order valence-electron chi connectivity index (χ2n) is 8.66. The number of pyridine rings is 1. The van der Waals surface area contributed by atoms with Crippen molar-refractivity contribution in [1.82, 2.24) is 9.88 Å². The van der Waals surface area contributed by atoms with Gasteiger partial charge in [-0.05, 0) is 56.6 Å². The van der Waals surface area contributed by atoms with Gasteiger partial charge in [-0.1, -0.05) is 12.5 Å². The first kappa shape index (κ1) is 25.6. The summed E-state index contributed by atoms with van der Waals surface area (Å²) in [7, 11) is 6.37. The zero-order valence-corrected chi connectivity index (χ0v) is 21.7. The molecule has 2 aromatic carbocycles. The quantitative estimate of drug-likeness (QED) is 0.380. The van der Waals surface area contributed by atoms with E-state index in [1.807, 2.05) is 30.3 Å². The molecule has 8 heteroatoms. The van der Waals surface area contributed by atoms with Crippen LogP contribution in [-0.4, -0.2) is 64.0 Å². The Morgan fingerprint density at radius 2 is 1.50 bits per heavy atom. The fraction of sp³-hybridized carbons (Fsp3) is 0.429.